The summed E-state index contributed by atoms with van der Waals surface area (Å²) in [4.78, 5) is 27.0. The van der Waals surface area contributed by atoms with Crippen molar-refractivity contribution in [1.29, 1.82) is 0 Å². The normalized spacial score (nSPS) is 10.8. The van der Waals surface area contributed by atoms with Crippen molar-refractivity contribution in [3.8, 4) is 11.5 Å². The van der Waals surface area contributed by atoms with Gasteiger partial charge in [0, 0.05) is 28.3 Å². The molecule has 0 saturated carbocycles. The van der Waals surface area contributed by atoms with Crippen LogP contribution in [-0.4, -0.2) is 35.9 Å². The van der Waals surface area contributed by atoms with Crippen LogP contribution < -0.4 is 9.47 Å². The van der Waals surface area contributed by atoms with Crippen molar-refractivity contribution in [3.05, 3.63) is 76.5 Å². The van der Waals surface area contributed by atoms with Gasteiger partial charge in [0.1, 0.15) is 6.61 Å². The molecular formula is C24H22N2O5S. The summed E-state index contributed by atoms with van der Waals surface area (Å²) in [6.07, 6.45) is 0. The van der Waals surface area contributed by atoms with E-state index in [-0.39, 0.29) is 24.0 Å². The second kappa shape index (κ2) is 9.23. The van der Waals surface area contributed by atoms with Crippen LogP contribution in [0.4, 0.5) is 0 Å². The van der Waals surface area contributed by atoms with Gasteiger partial charge in [0.25, 0.3) is 5.91 Å². The average molecular weight is 451 g/mol. The lowest BCUT2D eigenvalue weighted by molar-refractivity contribution is 0.0775. The summed E-state index contributed by atoms with van der Waals surface area (Å²) in [6.45, 7) is 2.03. The number of benzene rings is 2. The van der Waals surface area contributed by atoms with Gasteiger partial charge in [-0.2, -0.15) is 0 Å². The van der Waals surface area contributed by atoms with Gasteiger partial charge in [-0.3, -0.25) is 9.59 Å². The number of ketones is 1. The molecule has 2 aromatic carbocycles. The number of aromatic nitrogens is 1. The van der Waals surface area contributed by atoms with Crippen molar-refractivity contribution in [2.75, 3.05) is 14.2 Å². The lowest BCUT2D eigenvalue weighted by Crippen LogP contribution is -2.26. The lowest BCUT2D eigenvalue weighted by atomic mass is 10.1. The number of ether oxygens (including phenoxy) is 2. The Bertz CT molecular complexity index is 1240. The number of carbonyl (C=O) groups is 2. The minimum absolute atomic E-state index is 0.0620. The van der Waals surface area contributed by atoms with E-state index in [0.717, 1.165) is 4.88 Å². The summed E-state index contributed by atoms with van der Waals surface area (Å²) in [7, 11) is 3.24. The summed E-state index contributed by atoms with van der Waals surface area (Å²) in [5.41, 5.74) is 0.745. The largest absolute Gasteiger partial charge is 0.493 e. The molecule has 0 N–H and O–H groups in total. The van der Waals surface area contributed by atoms with Crippen molar-refractivity contribution in [3.63, 3.8) is 0 Å². The molecular weight excluding hydrogens is 428 g/mol. The molecule has 4 aromatic rings. The molecule has 4 rings (SSSR count). The van der Waals surface area contributed by atoms with E-state index in [1.165, 1.54) is 24.1 Å². The zero-order valence-electron chi connectivity index (χ0n) is 18.0. The number of carbonyl (C=O) groups excluding carboxylic acids is 2. The SMILES string of the molecule is COc1cc(C(C)=O)ccc1OCc1cc(C(=O)N(C)Cc2cc3ccccc3s2)no1. The molecule has 2 aromatic heterocycles. The van der Waals surface area contributed by atoms with Crippen LogP contribution in [0.5, 0.6) is 11.5 Å². The van der Waals surface area contributed by atoms with Crippen LogP contribution in [0.1, 0.15) is 38.4 Å². The first-order valence-corrected chi connectivity index (χ1v) is 10.8. The molecule has 0 fully saturated rings. The standard InChI is InChI=1S/C24H22N2O5S/c1-15(27)16-8-9-21(22(11-16)29-3)30-14-18-12-20(25-31-18)24(28)26(2)13-19-10-17-6-4-5-7-23(17)32-19/h4-12H,13-14H2,1-3H3. The smallest absolute Gasteiger partial charge is 0.276 e. The zero-order valence-corrected chi connectivity index (χ0v) is 18.8. The molecule has 1 amide bonds. The van der Waals surface area contributed by atoms with Gasteiger partial charge in [-0.25, -0.2) is 0 Å². The second-order valence-electron chi connectivity index (χ2n) is 7.30. The highest BCUT2D eigenvalue weighted by Gasteiger charge is 2.19. The van der Waals surface area contributed by atoms with Crippen LogP contribution in [0.15, 0.2) is 59.1 Å². The molecule has 7 nitrogen and oxygen atoms in total. The maximum Gasteiger partial charge on any atom is 0.276 e. The van der Waals surface area contributed by atoms with Gasteiger partial charge >= 0.3 is 0 Å². The van der Waals surface area contributed by atoms with E-state index in [0.29, 0.717) is 29.4 Å². The third-order valence-electron chi connectivity index (χ3n) is 4.93. The Labute approximate surface area is 189 Å². The Kier molecular flexibility index (Phi) is 6.23. The molecule has 8 heteroatoms. The van der Waals surface area contributed by atoms with E-state index < -0.39 is 0 Å². The van der Waals surface area contributed by atoms with E-state index in [1.807, 2.05) is 12.1 Å². The van der Waals surface area contributed by atoms with Crippen LogP contribution >= 0.6 is 11.3 Å². The number of nitrogens with zero attached hydrogens (tertiary/aromatic N) is 2. The number of methoxy groups -OCH3 is 1. The predicted octanol–water partition coefficient (Wildman–Crippen LogP) is 4.95. The van der Waals surface area contributed by atoms with E-state index in [1.54, 1.807) is 47.5 Å². The van der Waals surface area contributed by atoms with Crippen LogP contribution in [0.25, 0.3) is 10.1 Å². The molecule has 0 aliphatic rings. The molecule has 2 heterocycles. The first kappa shape index (κ1) is 21.6. The van der Waals surface area contributed by atoms with Crippen LogP contribution in [0.2, 0.25) is 0 Å². The molecule has 0 aliphatic carbocycles. The van der Waals surface area contributed by atoms with Gasteiger partial charge in [-0.1, -0.05) is 23.4 Å². The fraction of sp³-hybridized carbons (Fsp3) is 0.208. The Balaban J connectivity index is 1.39. The van der Waals surface area contributed by atoms with Crippen molar-refractivity contribution < 1.29 is 23.6 Å². The number of Topliss-reactive ketones (excluding diaryl/α,β-unsaturated/α-hetero) is 1. The van der Waals surface area contributed by atoms with Crippen LogP contribution in [-0.2, 0) is 13.2 Å². The third kappa shape index (κ3) is 4.65. The van der Waals surface area contributed by atoms with Crippen molar-refractivity contribution in [2.24, 2.45) is 0 Å². The lowest BCUT2D eigenvalue weighted by Gasteiger charge is -2.14. The maximum absolute atomic E-state index is 12.8. The van der Waals surface area contributed by atoms with Crippen LogP contribution in [0, 0.1) is 0 Å². The first-order valence-electron chi connectivity index (χ1n) is 9.95. The van der Waals surface area contributed by atoms with Crippen molar-refractivity contribution in [2.45, 2.75) is 20.1 Å². The molecule has 0 radical (unpaired) electrons. The highest BCUT2D eigenvalue weighted by Crippen LogP contribution is 2.29. The number of amides is 1. The molecule has 32 heavy (non-hydrogen) atoms. The Morgan fingerprint density at radius 3 is 2.66 bits per heavy atom. The number of thiophene rings is 1. The number of rotatable bonds is 8. The Morgan fingerprint density at radius 2 is 1.91 bits per heavy atom. The molecule has 164 valence electrons. The monoisotopic (exact) mass is 450 g/mol. The number of hydrogen-bond donors (Lipinski definition) is 0. The minimum atomic E-state index is -0.235. The minimum Gasteiger partial charge on any atom is -0.493 e. The maximum atomic E-state index is 12.8. The summed E-state index contributed by atoms with van der Waals surface area (Å²) < 4.78 is 17.5. The molecule has 0 unspecified atom stereocenters. The molecule has 0 atom stereocenters. The fourth-order valence-electron chi connectivity index (χ4n) is 3.25. The number of fused-ring (bicyclic) bond motifs is 1. The van der Waals surface area contributed by atoms with Gasteiger partial charge < -0.3 is 18.9 Å². The van der Waals surface area contributed by atoms with Gasteiger partial charge in [0.2, 0.25) is 0 Å². The van der Waals surface area contributed by atoms with Gasteiger partial charge in [0.15, 0.2) is 28.7 Å². The Hall–Kier alpha value is -3.65. The Morgan fingerprint density at radius 1 is 1.09 bits per heavy atom. The summed E-state index contributed by atoms with van der Waals surface area (Å²) in [5, 5.41) is 5.06. The van der Waals surface area contributed by atoms with Gasteiger partial charge in [-0.05, 0) is 42.6 Å². The molecule has 0 spiro atoms. The van der Waals surface area contributed by atoms with Gasteiger partial charge in [0.05, 0.1) is 13.7 Å². The molecule has 0 aliphatic heterocycles. The zero-order chi connectivity index (χ0) is 22.7. The predicted molar refractivity (Wildman–Crippen MR) is 121 cm³/mol. The second-order valence-corrected chi connectivity index (χ2v) is 8.47. The van der Waals surface area contributed by atoms with Gasteiger partial charge in [-0.15, -0.1) is 11.3 Å². The van der Waals surface area contributed by atoms with E-state index >= 15 is 0 Å². The topological polar surface area (TPSA) is 81.9 Å². The number of hydrogen-bond acceptors (Lipinski definition) is 7. The van der Waals surface area contributed by atoms with E-state index in [9.17, 15) is 9.59 Å². The van der Waals surface area contributed by atoms with Crippen LogP contribution in [0.3, 0.4) is 0 Å². The van der Waals surface area contributed by atoms with Crippen molar-refractivity contribution in [1.82, 2.24) is 10.1 Å². The molecule has 0 saturated heterocycles. The van der Waals surface area contributed by atoms with Crippen molar-refractivity contribution >= 4 is 33.1 Å². The summed E-state index contributed by atoms with van der Waals surface area (Å²) in [6, 6.07) is 16.7. The van der Waals surface area contributed by atoms with E-state index in [4.69, 9.17) is 14.0 Å². The highest BCUT2D eigenvalue weighted by atomic mass is 32.1. The first-order chi connectivity index (χ1) is 15.4. The fourth-order valence-corrected chi connectivity index (χ4v) is 4.37. The molecule has 0 bridgehead atoms. The third-order valence-corrected chi connectivity index (χ3v) is 6.04. The quantitative estimate of drug-likeness (QED) is 0.353. The average Bonchev–Trinajstić information content (AvgIpc) is 3.43. The van der Waals surface area contributed by atoms with E-state index in [2.05, 4.69) is 23.4 Å². The highest BCUT2D eigenvalue weighted by molar-refractivity contribution is 7.19. The summed E-state index contributed by atoms with van der Waals surface area (Å²) in [5.74, 6) is 1.01. The summed E-state index contributed by atoms with van der Waals surface area (Å²) >= 11 is 1.66.